The predicted octanol–water partition coefficient (Wildman–Crippen LogP) is 1.51. The Labute approximate surface area is 495 Å². The molecule has 6 amide bonds. The van der Waals surface area contributed by atoms with Crippen LogP contribution >= 0.6 is 0 Å². The number of amides is 6. The summed E-state index contributed by atoms with van der Waals surface area (Å²) in [4.78, 5) is 174. The molecule has 12 N–H and O–H groups in total. The molecule has 0 spiro atoms. The number of carbonyl (C=O) groups excluding carboxylic acids is 14. The molecule has 2 aliphatic rings. The van der Waals surface area contributed by atoms with E-state index in [0.29, 0.717) is 38.8 Å². The first-order valence-corrected chi connectivity index (χ1v) is 29.9. The molecule has 0 radical (unpaired) electrons. The number of carbonyl (C=O) groups is 14. The first-order chi connectivity index (χ1) is 39.2. The molecule has 2 rings (SSSR count). The summed E-state index contributed by atoms with van der Waals surface area (Å²) in [7, 11) is 0. The Morgan fingerprint density at radius 3 is 1.02 bits per heavy atom. The number of nitrogens with one attached hydrogen (secondary N) is 6. The van der Waals surface area contributed by atoms with Crippen LogP contribution in [0, 0.1) is 47.3 Å². The molecule has 24 heteroatoms. The second-order valence-electron chi connectivity index (χ2n) is 24.7. The van der Waals surface area contributed by atoms with Crippen LogP contribution in [0.5, 0.6) is 0 Å². The first-order valence-electron chi connectivity index (χ1n) is 29.9. The lowest BCUT2D eigenvalue weighted by Crippen LogP contribution is -2.44. The number of hydrogen-bond acceptors (Lipinski definition) is 18. The Hall–Kier alpha value is -5.98. The minimum absolute atomic E-state index is 0.0304. The van der Waals surface area contributed by atoms with E-state index in [1.807, 2.05) is 55.4 Å². The lowest BCUT2D eigenvalue weighted by Gasteiger charge is -2.22. The van der Waals surface area contributed by atoms with E-state index in [9.17, 15) is 77.3 Å². The van der Waals surface area contributed by atoms with Crippen molar-refractivity contribution in [1.29, 1.82) is 0 Å². The third kappa shape index (κ3) is 32.9. The van der Waals surface area contributed by atoms with E-state index in [4.69, 9.17) is 11.5 Å². The zero-order valence-corrected chi connectivity index (χ0v) is 51.4. The van der Waals surface area contributed by atoms with Gasteiger partial charge < -0.3 is 53.6 Å². The Bertz CT molecular complexity index is 2110. The summed E-state index contributed by atoms with van der Waals surface area (Å²) in [6, 6.07) is -3.21. The fourth-order valence-corrected chi connectivity index (χ4v) is 10.2. The maximum atomic E-state index is 13.3. The van der Waals surface area contributed by atoms with Gasteiger partial charge in [-0.25, -0.2) is 0 Å². The first kappa shape index (κ1) is 76.0. The third-order valence-electron chi connectivity index (χ3n) is 14.7. The summed E-state index contributed by atoms with van der Waals surface area (Å²) in [5.74, 6) is -7.24. The zero-order valence-electron chi connectivity index (χ0n) is 51.4. The molecule has 2 saturated heterocycles. The van der Waals surface area contributed by atoms with Gasteiger partial charge in [0.05, 0.1) is 49.5 Å². The summed E-state index contributed by atoms with van der Waals surface area (Å²) in [5, 5.41) is 35.4. The van der Waals surface area contributed by atoms with Gasteiger partial charge in [0.25, 0.3) is 0 Å². The van der Waals surface area contributed by atoms with Crippen LogP contribution in [0.3, 0.4) is 0 Å². The second-order valence-corrected chi connectivity index (χ2v) is 24.7. The minimum atomic E-state index is -1.08. The van der Waals surface area contributed by atoms with Crippen molar-refractivity contribution in [1.82, 2.24) is 31.9 Å². The number of primary amides is 2. The molecule has 2 heterocycles. The maximum absolute atomic E-state index is 13.3. The van der Waals surface area contributed by atoms with Crippen LogP contribution in [0.25, 0.3) is 0 Å². The summed E-state index contributed by atoms with van der Waals surface area (Å²) in [6.07, 6.45) is -0.170. The number of aliphatic hydroxyl groups excluding tert-OH is 2. The normalized spacial score (nSPS) is 18.8. The van der Waals surface area contributed by atoms with Crippen molar-refractivity contribution < 1.29 is 77.3 Å². The van der Waals surface area contributed by atoms with E-state index in [0.717, 1.165) is 0 Å². The van der Waals surface area contributed by atoms with Crippen LogP contribution in [-0.4, -0.2) is 154 Å². The molecule has 0 aliphatic carbocycles. The van der Waals surface area contributed by atoms with E-state index >= 15 is 0 Å². The molecule has 0 aromatic rings. The lowest BCUT2D eigenvalue weighted by molar-refractivity contribution is -0.133. The van der Waals surface area contributed by atoms with Crippen molar-refractivity contribution in [2.45, 2.75) is 221 Å². The number of ketones is 8. The Kier molecular flexibility index (Phi) is 35.8. The molecule has 0 aromatic heterocycles. The van der Waals surface area contributed by atoms with Gasteiger partial charge in [0.15, 0.2) is 23.1 Å². The van der Waals surface area contributed by atoms with E-state index in [2.05, 4.69) is 31.9 Å². The lowest BCUT2D eigenvalue weighted by atomic mass is 9.88. The van der Waals surface area contributed by atoms with Gasteiger partial charge >= 0.3 is 0 Å². The topological polar surface area (TPSA) is 404 Å². The van der Waals surface area contributed by atoms with Gasteiger partial charge in [0.2, 0.25) is 35.4 Å². The summed E-state index contributed by atoms with van der Waals surface area (Å²) in [5.41, 5.74) is 10.5. The molecule has 10 atom stereocenters. The molecule has 0 bridgehead atoms. The Morgan fingerprint density at radius 2 is 0.762 bits per heavy atom. The van der Waals surface area contributed by atoms with Crippen LogP contribution in [0.2, 0.25) is 0 Å². The molecule has 0 aromatic carbocycles. The molecule has 84 heavy (non-hydrogen) atoms. The fraction of sp³-hybridized carbons (Fsp3) is 0.767. The van der Waals surface area contributed by atoms with Crippen LogP contribution in [0.1, 0.15) is 185 Å². The number of rotatable bonds is 42. The Morgan fingerprint density at radius 1 is 0.452 bits per heavy atom. The van der Waals surface area contributed by atoms with Gasteiger partial charge in [0.1, 0.15) is 23.1 Å². The predicted molar refractivity (Wildman–Crippen MR) is 312 cm³/mol. The van der Waals surface area contributed by atoms with Crippen LogP contribution < -0.4 is 43.4 Å². The van der Waals surface area contributed by atoms with Crippen molar-refractivity contribution in [2.75, 3.05) is 26.2 Å². The van der Waals surface area contributed by atoms with Crippen molar-refractivity contribution >= 4 is 81.7 Å². The van der Waals surface area contributed by atoms with Gasteiger partial charge in [-0.05, 0) is 88.9 Å². The van der Waals surface area contributed by atoms with Gasteiger partial charge in [-0.15, -0.1) is 0 Å². The molecule has 2 aliphatic heterocycles. The number of β-amino-alcohol motifs (C(OH)–C–C–N with tert-alkyl or cyclic N) is 2. The van der Waals surface area contributed by atoms with Crippen LogP contribution in [0.4, 0.5) is 0 Å². The maximum Gasteiger partial charge on any atom is 0.223 e. The summed E-state index contributed by atoms with van der Waals surface area (Å²) >= 11 is 0. The molecule has 0 unspecified atom stereocenters. The van der Waals surface area contributed by atoms with Crippen LogP contribution in [0.15, 0.2) is 0 Å². The Balaban J connectivity index is 0.000000840. The average Bonchev–Trinajstić information content (AvgIpc) is 4.05. The van der Waals surface area contributed by atoms with Crippen molar-refractivity contribution in [2.24, 2.45) is 58.8 Å². The molecular weight excluding hydrogens is 1090 g/mol. The van der Waals surface area contributed by atoms with Gasteiger partial charge in [0, 0.05) is 101 Å². The summed E-state index contributed by atoms with van der Waals surface area (Å²) < 4.78 is 0. The van der Waals surface area contributed by atoms with E-state index < -0.39 is 107 Å². The zero-order chi connectivity index (χ0) is 64.0. The number of aliphatic hydroxyl groups is 2. The molecule has 476 valence electrons. The number of nitrogens with two attached hydrogens (primary N) is 2. The quantitative estimate of drug-likeness (QED) is 0.0414. The van der Waals surface area contributed by atoms with Gasteiger partial charge in [-0.2, -0.15) is 0 Å². The largest absolute Gasteiger partial charge is 0.392 e. The second kappa shape index (κ2) is 39.6. The highest BCUT2D eigenvalue weighted by Gasteiger charge is 2.34. The van der Waals surface area contributed by atoms with Gasteiger partial charge in [-0.3, -0.25) is 67.1 Å². The van der Waals surface area contributed by atoms with Crippen molar-refractivity contribution in [3.63, 3.8) is 0 Å². The average molecular weight is 1190 g/mol. The van der Waals surface area contributed by atoms with E-state index in [-0.39, 0.29) is 161 Å². The smallest absolute Gasteiger partial charge is 0.223 e. The van der Waals surface area contributed by atoms with E-state index in [1.54, 1.807) is 0 Å². The minimum Gasteiger partial charge on any atom is -0.392 e. The molecule has 2 fully saturated rings. The highest BCUT2D eigenvalue weighted by Crippen LogP contribution is 2.23. The molecule has 24 nitrogen and oxygen atoms in total. The monoisotopic (exact) mass is 1190 g/mol. The van der Waals surface area contributed by atoms with Gasteiger partial charge in [-0.1, -0.05) is 55.4 Å². The number of Topliss-reactive ketones (excluding diaryl/α,β-unsaturated/α-hetero) is 8. The van der Waals surface area contributed by atoms with Crippen molar-refractivity contribution in [3.05, 3.63) is 0 Å². The third-order valence-corrected chi connectivity index (χ3v) is 14.7. The highest BCUT2D eigenvalue weighted by atomic mass is 16.3. The SMILES string of the molecule is CC(=O)[C@@H](CC(=O)CNC(=O)[C@@H](CC(=O)[C@H](CCC(N)=O)NC(=O)CCC(=O)[C@@H]1C[C@@H](O)CN1)CC(C)C)CC(C)C.CC(=O)[C@H](CC(=O)CNC(=O)[C@H](CC(=O)[C@@H](CCC(N)=O)NC(=O)CCC(=O)[C@H]1C[C@H](O)CN1)CC(C)C)CC(C)C. The highest BCUT2D eigenvalue weighted by molar-refractivity contribution is 5.97. The molecule has 0 saturated carbocycles. The van der Waals surface area contributed by atoms with Crippen molar-refractivity contribution in [3.8, 4) is 0 Å². The fourth-order valence-electron chi connectivity index (χ4n) is 10.2. The van der Waals surface area contributed by atoms with E-state index in [1.165, 1.54) is 13.8 Å². The number of hydrogen-bond donors (Lipinski definition) is 10. The summed E-state index contributed by atoms with van der Waals surface area (Å²) in [6.45, 7) is 18.4. The molecular formula is C60H100N8O16. The van der Waals surface area contributed by atoms with Crippen LogP contribution in [-0.2, 0) is 67.1 Å². The standard InChI is InChI=1S/2C30H50N4O8/c2*1-17(2)10-20(19(5)35)12-22(36)16-33-30(42)21(11-18(3)4)13-27(39)24(6-8-28(31)40)34-29(41)9-7-26(38)25-14-23(37)15-32-25/h2*17-18,20-21,23-25,32,37H,6-16H2,1-5H3,(H2,31,40)(H,33,42)(H,34,41)/t2*20-,21-,23-,24+,25+/m10/s1.